The zero-order valence-corrected chi connectivity index (χ0v) is 19.7. The number of para-hydroxylation sites is 1. The fraction of sp³-hybridized carbons (Fsp3) is 0.0435. The number of aromatic nitrogens is 3. The number of fused-ring (bicyclic) bond motifs is 2. The number of nitrogens with one attached hydrogen (secondary N) is 1. The van der Waals surface area contributed by atoms with Crippen molar-refractivity contribution in [3.63, 3.8) is 0 Å². The van der Waals surface area contributed by atoms with Gasteiger partial charge < -0.3 is 9.73 Å². The van der Waals surface area contributed by atoms with Crippen LogP contribution < -0.4 is 5.32 Å². The van der Waals surface area contributed by atoms with Crippen LogP contribution in [0.4, 0.5) is 11.4 Å². The van der Waals surface area contributed by atoms with E-state index in [1.807, 2.05) is 18.2 Å². The van der Waals surface area contributed by atoms with E-state index >= 15 is 0 Å². The van der Waals surface area contributed by atoms with Gasteiger partial charge in [0.2, 0.25) is 11.8 Å². The molecule has 0 saturated carbocycles. The summed E-state index contributed by atoms with van der Waals surface area (Å²) >= 11 is 4.76. The molecule has 11 heteroatoms. The lowest BCUT2D eigenvalue weighted by Crippen LogP contribution is -2.14. The SMILES string of the molecule is O=C(CSc1ncnc2ccc(Br)cc12)Nc1ccccc1-c1nc2cc([N+](=O)[O-])ccc2o1. The van der Waals surface area contributed by atoms with Crippen LogP contribution in [-0.2, 0) is 4.79 Å². The summed E-state index contributed by atoms with van der Waals surface area (Å²) in [6, 6.07) is 17.0. The number of hydrogen-bond donors (Lipinski definition) is 1. The molecule has 5 aromatic rings. The predicted molar refractivity (Wildman–Crippen MR) is 133 cm³/mol. The predicted octanol–water partition coefficient (Wildman–Crippen LogP) is 5.84. The molecule has 1 N–H and O–H groups in total. The Morgan fingerprint density at radius 1 is 1.09 bits per heavy atom. The number of oxazole rings is 1. The fourth-order valence-electron chi connectivity index (χ4n) is 3.36. The molecular weight excluding hydrogens is 522 g/mol. The summed E-state index contributed by atoms with van der Waals surface area (Å²) in [6.07, 6.45) is 1.48. The number of nitro benzene ring substituents is 1. The van der Waals surface area contributed by atoms with E-state index in [1.54, 1.807) is 24.3 Å². The number of thioether (sulfide) groups is 1. The van der Waals surface area contributed by atoms with Gasteiger partial charge in [0.15, 0.2) is 5.58 Å². The minimum Gasteiger partial charge on any atom is -0.436 e. The molecule has 0 unspecified atom stereocenters. The number of nitro groups is 1. The Morgan fingerprint density at radius 3 is 2.79 bits per heavy atom. The van der Waals surface area contributed by atoms with Crippen molar-refractivity contribution in [3.05, 3.63) is 81.6 Å². The molecule has 0 radical (unpaired) electrons. The van der Waals surface area contributed by atoms with Crippen molar-refractivity contribution in [1.82, 2.24) is 15.0 Å². The van der Waals surface area contributed by atoms with Gasteiger partial charge in [-0.25, -0.2) is 15.0 Å². The molecule has 0 aliphatic heterocycles. The van der Waals surface area contributed by atoms with Crippen molar-refractivity contribution >= 4 is 67.0 Å². The lowest BCUT2D eigenvalue weighted by Gasteiger charge is -2.09. The summed E-state index contributed by atoms with van der Waals surface area (Å²) in [6.45, 7) is 0. The first kappa shape index (κ1) is 22.0. The van der Waals surface area contributed by atoms with Crippen LogP contribution in [0.5, 0.6) is 0 Å². The fourth-order valence-corrected chi connectivity index (χ4v) is 4.51. The Morgan fingerprint density at radius 2 is 1.94 bits per heavy atom. The van der Waals surface area contributed by atoms with Gasteiger partial charge in [-0.1, -0.05) is 39.8 Å². The molecule has 0 aliphatic rings. The second kappa shape index (κ2) is 9.20. The highest BCUT2D eigenvalue weighted by Crippen LogP contribution is 2.32. The van der Waals surface area contributed by atoms with Gasteiger partial charge in [-0.15, -0.1) is 0 Å². The monoisotopic (exact) mass is 535 g/mol. The third-order valence-corrected chi connectivity index (χ3v) is 6.41. The molecule has 1 amide bonds. The van der Waals surface area contributed by atoms with Crippen LogP contribution in [0.15, 0.2) is 80.9 Å². The van der Waals surface area contributed by atoms with Crippen LogP contribution >= 0.6 is 27.7 Å². The van der Waals surface area contributed by atoms with Gasteiger partial charge in [0, 0.05) is 22.0 Å². The number of carbonyl (C=O) groups is 1. The largest absolute Gasteiger partial charge is 0.436 e. The quantitative estimate of drug-likeness (QED) is 0.124. The normalized spacial score (nSPS) is 11.1. The number of non-ortho nitro benzene ring substituents is 1. The number of rotatable bonds is 6. The van der Waals surface area contributed by atoms with Crippen LogP contribution in [0.25, 0.3) is 33.5 Å². The summed E-state index contributed by atoms with van der Waals surface area (Å²) in [5, 5.41) is 15.5. The van der Waals surface area contributed by atoms with E-state index in [0.29, 0.717) is 27.4 Å². The van der Waals surface area contributed by atoms with Crippen molar-refractivity contribution in [2.45, 2.75) is 5.03 Å². The highest BCUT2D eigenvalue weighted by molar-refractivity contribution is 9.10. The Bertz CT molecular complexity index is 1570. The number of amides is 1. The first-order valence-corrected chi connectivity index (χ1v) is 11.7. The molecule has 5 rings (SSSR count). The summed E-state index contributed by atoms with van der Waals surface area (Å²) in [5.41, 5.74) is 2.58. The van der Waals surface area contributed by atoms with E-state index in [4.69, 9.17) is 4.42 Å². The second-order valence-electron chi connectivity index (χ2n) is 7.15. The number of anilines is 1. The van der Waals surface area contributed by atoms with Gasteiger partial charge in [-0.05, 0) is 36.4 Å². The molecule has 0 spiro atoms. The van der Waals surface area contributed by atoms with E-state index in [1.165, 1.54) is 36.3 Å². The topological polar surface area (TPSA) is 124 Å². The molecule has 2 heterocycles. The maximum Gasteiger partial charge on any atom is 0.271 e. The van der Waals surface area contributed by atoms with Crippen molar-refractivity contribution in [2.24, 2.45) is 0 Å². The molecule has 34 heavy (non-hydrogen) atoms. The smallest absolute Gasteiger partial charge is 0.271 e. The summed E-state index contributed by atoms with van der Waals surface area (Å²) in [4.78, 5) is 36.3. The lowest BCUT2D eigenvalue weighted by atomic mass is 10.2. The molecule has 168 valence electrons. The van der Waals surface area contributed by atoms with Crippen molar-refractivity contribution in [3.8, 4) is 11.5 Å². The van der Waals surface area contributed by atoms with Crippen molar-refractivity contribution < 1.29 is 14.1 Å². The van der Waals surface area contributed by atoms with Crippen molar-refractivity contribution in [2.75, 3.05) is 11.1 Å². The molecule has 3 aromatic carbocycles. The van der Waals surface area contributed by atoms with Gasteiger partial charge in [-0.3, -0.25) is 14.9 Å². The molecule has 9 nitrogen and oxygen atoms in total. The minimum absolute atomic E-state index is 0.0739. The molecule has 0 atom stereocenters. The van der Waals surface area contributed by atoms with E-state index in [-0.39, 0.29) is 23.2 Å². The van der Waals surface area contributed by atoms with Crippen LogP contribution in [0.3, 0.4) is 0 Å². The second-order valence-corrected chi connectivity index (χ2v) is 9.03. The highest BCUT2D eigenvalue weighted by atomic mass is 79.9. The van der Waals surface area contributed by atoms with E-state index in [2.05, 4.69) is 36.2 Å². The Kier molecular flexibility index (Phi) is 5.95. The molecule has 2 aromatic heterocycles. The van der Waals surface area contributed by atoms with Gasteiger partial charge in [0.05, 0.1) is 27.4 Å². The Labute approximate surface area is 204 Å². The molecule has 0 fully saturated rings. The first-order valence-electron chi connectivity index (χ1n) is 9.95. The molecule has 0 aliphatic carbocycles. The van der Waals surface area contributed by atoms with Crippen LogP contribution in [0.2, 0.25) is 0 Å². The van der Waals surface area contributed by atoms with Gasteiger partial charge >= 0.3 is 0 Å². The highest BCUT2D eigenvalue weighted by Gasteiger charge is 2.17. The average Bonchev–Trinajstić information content (AvgIpc) is 3.26. The van der Waals surface area contributed by atoms with E-state index < -0.39 is 4.92 Å². The average molecular weight is 536 g/mol. The van der Waals surface area contributed by atoms with E-state index in [9.17, 15) is 14.9 Å². The lowest BCUT2D eigenvalue weighted by molar-refractivity contribution is -0.384. The zero-order valence-electron chi connectivity index (χ0n) is 17.3. The maximum absolute atomic E-state index is 12.8. The summed E-state index contributed by atoms with van der Waals surface area (Å²) in [7, 11) is 0. The van der Waals surface area contributed by atoms with Crippen LogP contribution in [-0.4, -0.2) is 31.5 Å². The van der Waals surface area contributed by atoms with E-state index in [0.717, 1.165) is 15.4 Å². The number of hydrogen-bond acceptors (Lipinski definition) is 8. The van der Waals surface area contributed by atoms with Crippen LogP contribution in [0, 0.1) is 10.1 Å². The molecular formula is C23H14BrN5O4S. The van der Waals surface area contributed by atoms with Gasteiger partial charge in [-0.2, -0.15) is 0 Å². The third-order valence-electron chi connectivity index (χ3n) is 4.91. The van der Waals surface area contributed by atoms with Crippen molar-refractivity contribution in [1.29, 1.82) is 0 Å². The van der Waals surface area contributed by atoms with Gasteiger partial charge in [0.25, 0.3) is 5.69 Å². The molecule has 0 saturated heterocycles. The van der Waals surface area contributed by atoms with Gasteiger partial charge in [0.1, 0.15) is 16.9 Å². The number of carbonyl (C=O) groups excluding carboxylic acids is 1. The standard InChI is InChI=1S/C23H14BrN5O4S/c24-13-5-7-17-16(9-13)23(26-12-25-17)34-11-21(30)27-18-4-2-1-3-15(18)22-28-19-10-14(29(31)32)6-8-20(19)33-22/h1-10,12H,11H2,(H,27,30). The maximum atomic E-state index is 12.8. The summed E-state index contributed by atoms with van der Waals surface area (Å²) < 4.78 is 6.69. The first-order chi connectivity index (χ1) is 16.5. The zero-order chi connectivity index (χ0) is 23.7. The Hall–Kier alpha value is -3.83. The minimum atomic E-state index is -0.487. The van der Waals surface area contributed by atoms with Crippen LogP contribution in [0.1, 0.15) is 0 Å². The number of halogens is 1. The number of benzene rings is 3. The molecule has 0 bridgehead atoms. The third kappa shape index (κ3) is 4.47. The Balaban J connectivity index is 1.36. The number of nitrogens with zero attached hydrogens (tertiary/aromatic N) is 4. The summed E-state index contributed by atoms with van der Waals surface area (Å²) in [5.74, 6) is 0.156.